The number of sulfone groups is 1. The van der Waals surface area contributed by atoms with E-state index in [1.165, 1.54) is 19.2 Å². The largest absolute Gasteiger partial charge is 0.417 e. The van der Waals surface area contributed by atoms with Crippen LogP contribution < -0.4 is 0 Å². The first kappa shape index (κ1) is 17.8. The van der Waals surface area contributed by atoms with Gasteiger partial charge in [0.25, 0.3) is 0 Å². The molecule has 0 fully saturated rings. The highest BCUT2D eigenvalue weighted by atomic mass is 79.9. The first-order valence-electron chi connectivity index (χ1n) is 6.84. The van der Waals surface area contributed by atoms with Gasteiger partial charge in [-0.05, 0) is 28.1 Å². The summed E-state index contributed by atoms with van der Waals surface area (Å²) in [5.41, 5.74) is -1.36. The normalized spacial score (nSPS) is 12.7. The van der Waals surface area contributed by atoms with Gasteiger partial charge in [-0.15, -0.1) is 0 Å². The predicted octanol–water partition coefficient (Wildman–Crippen LogP) is 3.86. The molecule has 0 atom stereocenters. The fourth-order valence-corrected chi connectivity index (χ4v) is 3.59. The van der Waals surface area contributed by atoms with Gasteiger partial charge in [-0.3, -0.25) is 0 Å². The molecule has 3 heterocycles. The second kappa shape index (κ2) is 6.06. The van der Waals surface area contributed by atoms with E-state index >= 15 is 0 Å². The van der Waals surface area contributed by atoms with Crippen molar-refractivity contribution in [2.24, 2.45) is 0 Å². The van der Waals surface area contributed by atoms with E-state index in [4.69, 9.17) is 4.42 Å². The fraction of sp³-hybridized carbons (Fsp3) is 0.214. The van der Waals surface area contributed by atoms with Crippen LogP contribution in [-0.4, -0.2) is 29.1 Å². The maximum Gasteiger partial charge on any atom is 0.417 e. The third kappa shape index (κ3) is 3.38. The zero-order valence-electron chi connectivity index (χ0n) is 12.5. The van der Waals surface area contributed by atoms with Gasteiger partial charge < -0.3 is 4.42 Å². The third-order valence-corrected chi connectivity index (χ3v) is 5.49. The van der Waals surface area contributed by atoms with Crippen molar-refractivity contribution in [3.63, 3.8) is 0 Å². The van der Waals surface area contributed by atoms with E-state index in [1.54, 1.807) is 0 Å². The molecule has 3 rings (SSSR count). The minimum absolute atomic E-state index is 0.0865. The van der Waals surface area contributed by atoms with Gasteiger partial charge in [0, 0.05) is 16.9 Å². The van der Waals surface area contributed by atoms with Crippen LogP contribution in [0.15, 0.2) is 38.3 Å². The van der Waals surface area contributed by atoms with Crippen molar-refractivity contribution in [3.8, 4) is 11.6 Å². The highest BCUT2D eigenvalue weighted by Crippen LogP contribution is 2.33. The Morgan fingerprint density at radius 1 is 1.20 bits per heavy atom. The topological polar surface area (TPSA) is 86.0 Å². The summed E-state index contributed by atoms with van der Waals surface area (Å²) in [6.45, 7) is 1.46. The molecule has 0 aromatic carbocycles. The van der Waals surface area contributed by atoms with E-state index in [9.17, 15) is 21.6 Å². The molecule has 3 aromatic rings. The highest BCUT2D eigenvalue weighted by molar-refractivity contribution is 9.10. The second-order valence-corrected chi connectivity index (χ2v) is 8.13. The van der Waals surface area contributed by atoms with Gasteiger partial charge in [0.1, 0.15) is 11.2 Å². The van der Waals surface area contributed by atoms with E-state index in [2.05, 4.69) is 30.9 Å². The minimum atomic E-state index is -4.58. The van der Waals surface area contributed by atoms with Crippen LogP contribution in [0.1, 0.15) is 12.5 Å². The van der Waals surface area contributed by atoms with Gasteiger partial charge in [-0.25, -0.2) is 23.4 Å². The van der Waals surface area contributed by atoms with E-state index in [0.717, 1.165) is 6.07 Å². The van der Waals surface area contributed by atoms with Gasteiger partial charge in [0.15, 0.2) is 9.84 Å². The van der Waals surface area contributed by atoms with Crippen molar-refractivity contribution in [2.75, 3.05) is 5.75 Å². The molecule has 0 saturated heterocycles. The molecule has 0 amide bonds. The molecule has 0 bridgehead atoms. The summed E-state index contributed by atoms with van der Waals surface area (Å²) < 4.78 is 68.5. The summed E-state index contributed by atoms with van der Waals surface area (Å²) in [6, 6.07) is 2.12. The summed E-state index contributed by atoms with van der Waals surface area (Å²) >= 11 is 3.14. The molecule has 0 N–H and O–H groups in total. The van der Waals surface area contributed by atoms with Crippen LogP contribution >= 0.6 is 15.9 Å². The number of pyridine rings is 2. The molecule has 0 aliphatic rings. The summed E-state index contributed by atoms with van der Waals surface area (Å²) in [4.78, 5) is 11.4. The molecular formula is C14H9BrF3N3O3S. The minimum Gasteiger partial charge on any atom is -0.416 e. The van der Waals surface area contributed by atoms with Crippen molar-refractivity contribution in [3.05, 3.63) is 34.6 Å². The molecule has 0 unspecified atom stereocenters. The Morgan fingerprint density at radius 3 is 2.56 bits per heavy atom. The number of halogens is 4. The Hall–Kier alpha value is -2.01. The molecule has 0 aliphatic heterocycles. The Balaban J connectivity index is 2.21. The van der Waals surface area contributed by atoms with Gasteiger partial charge in [0.2, 0.25) is 11.6 Å². The van der Waals surface area contributed by atoms with Crippen LogP contribution in [0.2, 0.25) is 0 Å². The summed E-state index contributed by atoms with van der Waals surface area (Å²) in [5.74, 6) is -0.407. The number of hydrogen-bond acceptors (Lipinski definition) is 6. The number of fused-ring (bicyclic) bond motifs is 1. The molecule has 3 aromatic heterocycles. The Morgan fingerprint density at radius 2 is 1.92 bits per heavy atom. The molecule has 25 heavy (non-hydrogen) atoms. The fourth-order valence-electron chi connectivity index (χ4n) is 2.05. The van der Waals surface area contributed by atoms with Crippen molar-refractivity contribution < 1.29 is 26.0 Å². The van der Waals surface area contributed by atoms with Crippen molar-refractivity contribution in [1.29, 1.82) is 0 Å². The molecule has 132 valence electrons. The van der Waals surface area contributed by atoms with E-state index < -0.39 is 21.6 Å². The SMILES string of the molecule is CCS(=O)(=O)c1cc(Br)cnc1-c1nc2cc(C(F)(F)F)cnc2o1. The predicted molar refractivity (Wildman–Crippen MR) is 85.5 cm³/mol. The summed E-state index contributed by atoms with van der Waals surface area (Å²) in [5, 5.41) is 0. The number of rotatable bonds is 3. The lowest BCUT2D eigenvalue weighted by atomic mass is 10.2. The quantitative estimate of drug-likeness (QED) is 0.620. The average Bonchev–Trinajstić information content (AvgIpc) is 2.96. The molecule has 0 saturated carbocycles. The zero-order chi connectivity index (χ0) is 18.4. The summed E-state index contributed by atoms with van der Waals surface area (Å²) in [6.07, 6.45) is -2.61. The van der Waals surface area contributed by atoms with Gasteiger partial charge >= 0.3 is 6.18 Å². The number of oxazole rings is 1. The second-order valence-electron chi connectivity index (χ2n) is 4.97. The first-order valence-corrected chi connectivity index (χ1v) is 9.29. The lowest BCUT2D eigenvalue weighted by molar-refractivity contribution is -0.137. The van der Waals surface area contributed by atoms with Gasteiger partial charge in [0.05, 0.1) is 16.2 Å². The molecule has 11 heteroatoms. The Bertz CT molecular complexity index is 1060. The number of nitrogens with zero attached hydrogens (tertiary/aromatic N) is 3. The molecule has 0 spiro atoms. The van der Waals surface area contributed by atoms with Crippen LogP contribution in [0.4, 0.5) is 13.2 Å². The average molecular weight is 436 g/mol. The summed E-state index contributed by atoms with van der Waals surface area (Å²) in [7, 11) is -3.66. The van der Waals surface area contributed by atoms with Crippen molar-refractivity contribution in [2.45, 2.75) is 18.0 Å². The smallest absolute Gasteiger partial charge is 0.416 e. The molecule has 0 aliphatic carbocycles. The van der Waals surface area contributed by atoms with Gasteiger partial charge in [-0.1, -0.05) is 6.92 Å². The maximum absolute atomic E-state index is 12.8. The third-order valence-electron chi connectivity index (χ3n) is 3.31. The lowest BCUT2D eigenvalue weighted by Crippen LogP contribution is -2.07. The Kier molecular flexibility index (Phi) is 4.31. The van der Waals surface area contributed by atoms with Crippen LogP contribution in [0.25, 0.3) is 22.8 Å². The van der Waals surface area contributed by atoms with E-state index in [-0.39, 0.29) is 33.5 Å². The number of hydrogen-bond donors (Lipinski definition) is 0. The number of alkyl halides is 3. The maximum atomic E-state index is 12.8. The Labute approximate surface area is 148 Å². The van der Waals surface area contributed by atoms with Crippen LogP contribution in [0, 0.1) is 0 Å². The van der Waals surface area contributed by atoms with Crippen LogP contribution in [-0.2, 0) is 16.0 Å². The first-order chi connectivity index (χ1) is 11.6. The van der Waals surface area contributed by atoms with Crippen molar-refractivity contribution >= 4 is 37.0 Å². The molecule has 0 radical (unpaired) electrons. The standard InChI is InChI=1S/C14H9BrF3N3O3S/c1-2-25(22,23)10-4-8(15)6-19-11(10)13-21-9-3-7(14(16,17)18)5-20-12(9)24-13/h3-6H,2H2,1H3. The molecule has 6 nitrogen and oxygen atoms in total. The van der Waals surface area contributed by atoms with Crippen LogP contribution in [0.3, 0.4) is 0 Å². The lowest BCUT2D eigenvalue weighted by Gasteiger charge is -2.05. The van der Waals surface area contributed by atoms with E-state index in [0.29, 0.717) is 10.7 Å². The van der Waals surface area contributed by atoms with Crippen LogP contribution in [0.5, 0.6) is 0 Å². The zero-order valence-corrected chi connectivity index (χ0v) is 14.9. The monoisotopic (exact) mass is 435 g/mol. The van der Waals surface area contributed by atoms with Gasteiger partial charge in [-0.2, -0.15) is 13.2 Å². The van der Waals surface area contributed by atoms with Crippen molar-refractivity contribution in [1.82, 2.24) is 15.0 Å². The van der Waals surface area contributed by atoms with E-state index in [1.807, 2.05) is 0 Å². The number of aromatic nitrogens is 3. The molecular weight excluding hydrogens is 427 g/mol. The highest BCUT2D eigenvalue weighted by Gasteiger charge is 2.32.